The van der Waals surface area contributed by atoms with Gasteiger partial charge in [-0.2, -0.15) is 0 Å². The zero-order chi connectivity index (χ0) is 14.0. The molecule has 0 aromatic heterocycles. The molecule has 1 aliphatic heterocycles. The second-order valence-electron chi connectivity index (χ2n) is 2.76. The van der Waals surface area contributed by atoms with E-state index in [1.807, 2.05) is 58.0 Å². The minimum absolute atomic E-state index is 0.308. The predicted octanol–water partition coefficient (Wildman–Crippen LogP) is 4.06. The summed E-state index contributed by atoms with van der Waals surface area (Å²) in [5, 5.41) is 1.90. The third-order valence-corrected chi connectivity index (χ3v) is 2.55. The van der Waals surface area contributed by atoms with Crippen molar-refractivity contribution in [1.82, 2.24) is 5.32 Å². The molecule has 1 aromatic carbocycles. The molecule has 1 aliphatic rings. The highest BCUT2D eigenvalue weighted by atomic mass is 32.2. The molecule has 1 aromatic rings. The van der Waals surface area contributed by atoms with Crippen LogP contribution in [0.1, 0.15) is 33.3 Å². The lowest BCUT2D eigenvalue weighted by molar-refractivity contribution is -0.115. The van der Waals surface area contributed by atoms with E-state index < -0.39 is 0 Å². The molecule has 0 saturated carbocycles. The number of thioether (sulfide) groups is 1. The maximum atomic E-state index is 11.2. The monoisotopic (exact) mass is 265 g/mol. The van der Waals surface area contributed by atoms with Crippen molar-refractivity contribution in [3.63, 3.8) is 0 Å². The van der Waals surface area contributed by atoms with Crippen LogP contribution in [-0.4, -0.2) is 11.1 Å². The predicted molar refractivity (Wildman–Crippen MR) is 78.2 cm³/mol. The zero-order valence-electron chi connectivity index (χ0n) is 11.2. The summed E-state index contributed by atoms with van der Waals surface area (Å²) in [5.41, 5.74) is 0.917. The number of carbonyl (C=O) groups excluding carboxylic acids is 2. The van der Waals surface area contributed by atoms with Crippen molar-refractivity contribution >= 4 is 29.0 Å². The summed E-state index contributed by atoms with van der Waals surface area (Å²) < 4.78 is 0. The van der Waals surface area contributed by atoms with Crippen LogP contribution < -0.4 is 5.32 Å². The van der Waals surface area contributed by atoms with Gasteiger partial charge in [0.2, 0.25) is 0 Å². The Kier molecular flexibility index (Phi) is 8.66. The summed E-state index contributed by atoms with van der Waals surface area (Å²) in [6.45, 7) is 8.00. The Labute approximate surface area is 113 Å². The molecule has 3 nitrogen and oxygen atoms in total. The van der Waals surface area contributed by atoms with E-state index in [9.17, 15) is 9.59 Å². The second-order valence-corrected chi connectivity index (χ2v) is 3.78. The minimum Gasteiger partial charge on any atom is -0.282 e. The highest BCUT2D eigenvalue weighted by Gasteiger charge is 2.24. The van der Waals surface area contributed by atoms with Gasteiger partial charge in [0.05, 0.1) is 4.91 Å². The molecular weight excluding hydrogens is 246 g/mol. The summed E-state index contributed by atoms with van der Waals surface area (Å²) in [5.74, 6) is -0.316. The molecule has 1 N–H and O–H groups in total. The molecule has 98 valence electrons. The molecule has 4 heteroatoms. The van der Waals surface area contributed by atoms with Crippen LogP contribution in [0.15, 0.2) is 35.2 Å². The van der Waals surface area contributed by atoms with E-state index in [1.165, 1.54) is 0 Å². The number of nitrogens with one attached hydrogen (secondary N) is 1. The van der Waals surface area contributed by atoms with E-state index in [2.05, 4.69) is 5.32 Å². The number of imide groups is 1. The fourth-order valence-electron chi connectivity index (χ4n) is 1.12. The van der Waals surface area contributed by atoms with Gasteiger partial charge in [0.15, 0.2) is 0 Å². The van der Waals surface area contributed by atoms with Gasteiger partial charge in [-0.15, -0.1) is 0 Å². The number of hydrogen-bond donors (Lipinski definition) is 1. The van der Waals surface area contributed by atoms with Crippen molar-refractivity contribution in [2.75, 3.05) is 0 Å². The van der Waals surface area contributed by atoms with E-state index in [-0.39, 0.29) is 11.1 Å². The first-order valence-corrected chi connectivity index (χ1v) is 6.87. The average molecular weight is 265 g/mol. The molecule has 1 heterocycles. The molecule has 0 atom stereocenters. The highest BCUT2D eigenvalue weighted by molar-refractivity contribution is 8.18. The Hall–Kier alpha value is -1.55. The van der Waals surface area contributed by atoms with Gasteiger partial charge in [-0.25, -0.2) is 0 Å². The van der Waals surface area contributed by atoms with Crippen LogP contribution in [-0.2, 0) is 4.79 Å². The highest BCUT2D eigenvalue weighted by Crippen LogP contribution is 2.25. The smallest absolute Gasteiger partial charge is 0.282 e. The molecule has 1 saturated heterocycles. The molecule has 0 unspecified atom stereocenters. The van der Waals surface area contributed by atoms with Crippen molar-refractivity contribution in [2.24, 2.45) is 0 Å². The molecule has 2 amide bonds. The number of rotatable bonds is 1. The Morgan fingerprint density at radius 3 is 2.00 bits per heavy atom. The van der Waals surface area contributed by atoms with E-state index in [0.29, 0.717) is 4.91 Å². The minimum atomic E-state index is -0.316. The van der Waals surface area contributed by atoms with Gasteiger partial charge in [0.25, 0.3) is 11.1 Å². The van der Waals surface area contributed by atoms with Crippen LogP contribution in [0.25, 0.3) is 6.08 Å². The van der Waals surface area contributed by atoms with Gasteiger partial charge >= 0.3 is 0 Å². The first kappa shape index (κ1) is 16.4. The third kappa shape index (κ3) is 5.19. The molecule has 1 fully saturated rings. The zero-order valence-corrected chi connectivity index (χ0v) is 12.0. The van der Waals surface area contributed by atoms with E-state index in [0.717, 1.165) is 17.3 Å². The van der Waals surface area contributed by atoms with Gasteiger partial charge in [0.1, 0.15) is 0 Å². The van der Waals surface area contributed by atoms with Crippen molar-refractivity contribution in [1.29, 1.82) is 0 Å². The Bertz CT molecular complexity index is 413. The van der Waals surface area contributed by atoms with Crippen LogP contribution in [0.3, 0.4) is 0 Å². The molecule has 0 radical (unpaired) electrons. The third-order valence-electron chi connectivity index (χ3n) is 1.74. The van der Waals surface area contributed by atoms with Gasteiger partial charge < -0.3 is 0 Å². The topological polar surface area (TPSA) is 46.2 Å². The molecule has 2 rings (SSSR count). The molecule has 18 heavy (non-hydrogen) atoms. The van der Waals surface area contributed by atoms with E-state index in [4.69, 9.17) is 0 Å². The standard InChI is InChI=1S/C10H7NO2S.2C2H6/c12-9-8(14-10(13)11-9)6-7-4-2-1-3-5-7;2*1-2/h1-6H,(H,11,12,13);2*1-2H3/b8-6-;;. The first-order chi connectivity index (χ1) is 8.75. The number of benzene rings is 1. The van der Waals surface area contributed by atoms with Crippen LogP contribution in [0.4, 0.5) is 4.79 Å². The van der Waals surface area contributed by atoms with E-state index in [1.54, 1.807) is 6.08 Å². The molecular formula is C14H19NO2S. The lowest BCUT2D eigenvalue weighted by Gasteiger charge is -1.92. The number of carbonyl (C=O) groups is 2. The van der Waals surface area contributed by atoms with Gasteiger partial charge in [-0.3, -0.25) is 14.9 Å². The summed E-state index contributed by atoms with van der Waals surface area (Å²) in [7, 11) is 0. The van der Waals surface area contributed by atoms with Gasteiger partial charge in [-0.1, -0.05) is 58.0 Å². The number of amides is 2. The number of hydrogen-bond acceptors (Lipinski definition) is 3. The second kappa shape index (κ2) is 9.48. The van der Waals surface area contributed by atoms with Crippen molar-refractivity contribution in [2.45, 2.75) is 27.7 Å². The molecule has 0 bridgehead atoms. The summed E-state index contributed by atoms with van der Waals surface area (Å²) >= 11 is 0.930. The maximum absolute atomic E-state index is 11.2. The first-order valence-electron chi connectivity index (χ1n) is 6.05. The fraction of sp³-hybridized carbons (Fsp3) is 0.286. The van der Waals surface area contributed by atoms with Gasteiger partial charge in [0, 0.05) is 0 Å². The largest absolute Gasteiger partial charge is 0.290 e. The van der Waals surface area contributed by atoms with Crippen LogP contribution >= 0.6 is 11.8 Å². The van der Waals surface area contributed by atoms with Crippen LogP contribution in [0.5, 0.6) is 0 Å². The van der Waals surface area contributed by atoms with Crippen molar-refractivity contribution in [3.8, 4) is 0 Å². The summed E-state index contributed by atoms with van der Waals surface area (Å²) in [4.78, 5) is 22.5. The normalized spacial score (nSPS) is 15.2. The van der Waals surface area contributed by atoms with Crippen LogP contribution in [0.2, 0.25) is 0 Å². The van der Waals surface area contributed by atoms with E-state index >= 15 is 0 Å². The fourth-order valence-corrected chi connectivity index (χ4v) is 1.80. The Morgan fingerprint density at radius 1 is 1.00 bits per heavy atom. The molecule has 0 spiro atoms. The molecule has 0 aliphatic carbocycles. The lowest BCUT2D eigenvalue weighted by atomic mass is 10.2. The average Bonchev–Trinajstić information content (AvgIpc) is 2.74. The SMILES string of the molecule is CC.CC.O=C1NC(=O)/C(=C/c2ccccc2)S1. The Morgan fingerprint density at radius 2 is 1.56 bits per heavy atom. The maximum Gasteiger partial charge on any atom is 0.290 e. The van der Waals surface area contributed by atoms with Gasteiger partial charge in [-0.05, 0) is 23.4 Å². The van der Waals surface area contributed by atoms with Crippen molar-refractivity contribution < 1.29 is 9.59 Å². The van der Waals surface area contributed by atoms with Crippen molar-refractivity contribution in [3.05, 3.63) is 40.8 Å². The lowest BCUT2D eigenvalue weighted by Crippen LogP contribution is -2.17. The quantitative estimate of drug-likeness (QED) is 0.779. The van der Waals surface area contributed by atoms with Crippen LogP contribution in [0, 0.1) is 0 Å². The Balaban J connectivity index is 0.000000659. The summed E-state index contributed by atoms with van der Waals surface area (Å²) in [6.07, 6.45) is 1.70. The summed E-state index contributed by atoms with van der Waals surface area (Å²) in [6, 6.07) is 9.42.